The van der Waals surface area contributed by atoms with Crippen LogP contribution in [0.1, 0.15) is 33.4 Å². The Balaban J connectivity index is 1.68. The Bertz CT molecular complexity index is 2400. The van der Waals surface area contributed by atoms with Crippen LogP contribution < -0.4 is 0 Å². The Hall–Kier alpha value is -5.50. The van der Waals surface area contributed by atoms with Gasteiger partial charge in [-0.05, 0) is 98.0 Å². The van der Waals surface area contributed by atoms with E-state index in [0.717, 1.165) is 62.0 Å². The average Bonchev–Trinajstić information content (AvgIpc) is 3.59. The molecule has 6 aromatic carbocycles. The second-order valence-electron chi connectivity index (χ2n) is 13.0. The fourth-order valence-electron chi connectivity index (χ4n) is 7.79. The molecule has 2 aromatic heterocycles. The third-order valence-electron chi connectivity index (χ3n) is 9.87. The summed E-state index contributed by atoms with van der Waals surface area (Å²) < 4.78 is 93.8. The van der Waals surface area contributed by atoms with E-state index in [4.69, 9.17) is 0 Å². The standard InChI is InChI=1S/C42H30F6N2/c1-23-11-7-17-30-36(23)37-24(2)12-8-18-31(37)49(30)34-21-27(41(43,44)45)22-35(40(34)28-15-5-6-16-29(28)42(46,47)48)50-32-19-9-13-25(3)38(32)39-26(4)14-10-20-33(39)50/h5-22H,1-4H3. The highest BCUT2D eigenvalue weighted by Crippen LogP contribution is 2.48. The van der Waals surface area contributed by atoms with Gasteiger partial charge in [0.25, 0.3) is 0 Å². The molecule has 0 fully saturated rings. The third-order valence-corrected chi connectivity index (χ3v) is 9.87. The van der Waals surface area contributed by atoms with Gasteiger partial charge in [0.05, 0.1) is 44.6 Å². The Kier molecular flexibility index (Phi) is 6.99. The van der Waals surface area contributed by atoms with Gasteiger partial charge in [0.15, 0.2) is 0 Å². The largest absolute Gasteiger partial charge is 0.417 e. The van der Waals surface area contributed by atoms with Gasteiger partial charge < -0.3 is 9.13 Å². The van der Waals surface area contributed by atoms with Crippen molar-refractivity contribution in [3.05, 3.63) is 143 Å². The minimum absolute atomic E-state index is 0.00182. The number of nitrogens with zero attached hydrogens (tertiary/aromatic N) is 2. The highest BCUT2D eigenvalue weighted by molar-refractivity contribution is 6.15. The molecule has 250 valence electrons. The van der Waals surface area contributed by atoms with Crippen LogP contribution in [0, 0.1) is 27.7 Å². The van der Waals surface area contributed by atoms with E-state index >= 15 is 13.2 Å². The van der Waals surface area contributed by atoms with E-state index in [1.165, 1.54) is 18.2 Å². The molecule has 0 unspecified atom stereocenters. The van der Waals surface area contributed by atoms with E-state index in [-0.39, 0.29) is 22.5 Å². The van der Waals surface area contributed by atoms with Crippen molar-refractivity contribution in [2.24, 2.45) is 0 Å². The summed E-state index contributed by atoms with van der Waals surface area (Å²) in [5, 5.41) is 3.32. The molecule has 0 saturated carbocycles. The molecule has 50 heavy (non-hydrogen) atoms. The van der Waals surface area contributed by atoms with Gasteiger partial charge in [0, 0.05) is 27.1 Å². The zero-order valence-corrected chi connectivity index (χ0v) is 27.6. The van der Waals surface area contributed by atoms with E-state index < -0.39 is 23.5 Å². The average molecular weight is 677 g/mol. The fourth-order valence-corrected chi connectivity index (χ4v) is 7.79. The lowest BCUT2D eigenvalue weighted by Gasteiger charge is -2.24. The van der Waals surface area contributed by atoms with Crippen molar-refractivity contribution in [2.75, 3.05) is 0 Å². The van der Waals surface area contributed by atoms with Crippen LogP contribution in [-0.2, 0) is 12.4 Å². The summed E-state index contributed by atoms with van der Waals surface area (Å²) >= 11 is 0. The van der Waals surface area contributed by atoms with Gasteiger partial charge in [0.2, 0.25) is 0 Å². The van der Waals surface area contributed by atoms with Crippen LogP contribution in [0.3, 0.4) is 0 Å². The predicted octanol–water partition coefficient (Wildman–Crippen LogP) is 12.8. The van der Waals surface area contributed by atoms with Crippen LogP contribution in [0.4, 0.5) is 26.3 Å². The summed E-state index contributed by atoms with van der Waals surface area (Å²) in [6.07, 6.45) is -9.61. The monoisotopic (exact) mass is 676 g/mol. The maximum atomic E-state index is 15.1. The Morgan fingerprint density at radius 3 is 1.12 bits per heavy atom. The molecular formula is C42H30F6N2. The molecule has 0 spiro atoms. The molecule has 0 bridgehead atoms. The summed E-state index contributed by atoms with van der Waals surface area (Å²) in [5.74, 6) is 0. The highest BCUT2D eigenvalue weighted by Gasteiger charge is 2.38. The number of benzene rings is 6. The minimum Gasteiger partial charge on any atom is -0.309 e. The Morgan fingerprint density at radius 1 is 0.420 bits per heavy atom. The van der Waals surface area contributed by atoms with E-state index in [1.807, 2.05) is 100 Å². The zero-order chi connectivity index (χ0) is 35.3. The van der Waals surface area contributed by atoms with Crippen molar-refractivity contribution < 1.29 is 26.3 Å². The first-order valence-corrected chi connectivity index (χ1v) is 16.2. The summed E-state index contributed by atoms with van der Waals surface area (Å²) in [6, 6.07) is 29.4. The number of hydrogen-bond donors (Lipinski definition) is 0. The van der Waals surface area contributed by atoms with Gasteiger partial charge >= 0.3 is 12.4 Å². The number of aryl methyl sites for hydroxylation is 4. The van der Waals surface area contributed by atoms with Crippen LogP contribution in [-0.4, -0.2) is 9.13 Å². The number of fused-ring (bicyclic) bond motifs is 6. The number of aromatic nitrogens is 2. The van der Waals surface area contributed by atoms with Crippen LogP contribution in [0.5, 0.6) is 0 Å². The molecule has 2 nitrogen and oxygen atoms in total. The van der Waals surface area contributed by atoms with E-state index in [1.54, 1.807) is 9.13 Å². The first-order chi connectivity index (χ1) is 23.8. The number of alkyl halides is 6. The van der Waals surface area contributed by atoms with Crippen LogP contribution in [0.15, 0.2) is 109 Å². The maximum absolute atomic E-state index is 15.1. The highest BCUT2D eigenvalue weighted by atomic mass is 19.4. The molecule has 0 aliphatic heterocycles. The van der Waals surface area contributed by atoms with Crippen molar-refractivity contribution in [3.8, 4) is 22.5 Å². The van der Waals surface area contributed by atoms with Gasteiger partial charge in [-0.15, -0.1) is 0 Å². The third kappa shape index (κ3) is 4.65. The Labute approximate surface area is 283 Å². The molecular weight excluding hydrogens is 646 g/mol. The van der Waals surface area contributed by atoms with Crippen molar-refractivity contribution in [2.45, 2.75) is 40.0 Å². The van der Waals surface area contributed by atoms with Crippen molar-refractivity contribution in [3.63, 3.8) is 0 Å². The Morgan fingerprint density at radius 2 is 0.780 bits per heavy atom. The van der Waals surface area contributed by atoms with Crippen LogP contribution in [0.25, 0.3) is 66.1 Å². The lowest BCUT2D eigenvalue weighted by molar-refractivity contribution is -0.138. The normalized spacial score (nSPS) is 12.6. The van der Waals surface area contributed by atoms with Gasteiger partial charge in [0.1, 0.15) is 0 Å². The maximum Gasteiger partial charge on any atom is 0.417 e. The molecule has 0 N–H and O–H groups in total. The van der Waals surface area contributed by atoms with Gasteiger partial charge in [-0.25, -0.2) is 0 Å². The van der Waals surface area contributed by atoms with Gasteiger partial charge in [-0.3, -0.25) is 0 Å². The topological polar surface area (TPSA) is 9.86 Å². The predicted molar refractivity (Wildman–Crippen MR) is 190 cm³/mol. The quantitative estimate of drug-likeness (QED) is 0.165. The second-order valence-corrected chi connectivity index (χ2v) is 13.0. The van der Waals surface area contributed by atoms with E-state index in [9.17, 15) is 13.2 Å². The number of hydrogen-bond acceptors (Lipinski definition) is 0. The molecule has 2 heterocycles. The summed E-state index contributed by atoms with van der Waals surface area (Å²) in [5.41, 5.74) is 3.89. The van der Waals surface area contributed by atoms with E-state index in [2.05, 4.69) is 0 Å². The molecule has 8 heteroatoms. The lowest BCUT2D eigenvalue weighted by atomic mass is 9.93. The lowest BCUT2D eigenvalue weighted by Crippen LogP contribution is -2.13. The first kappa shape index (κ1) is 31.7. The molecule has 0 saturated heterocycles. The fraction of sp³-hybridized carbons (Fsp3) is 0.143. The zero-order valence-electron chi connectivity index (χ0n) is 27.6. The minimum atomic E-state index is -4.82. The molecule has 0 aliphatic rings. The summed E-state index contributed by atoms with van der Waals surface area (Å²) in [7, 11) is 0. The number of rotatable bonds is 3. The molecule has 0 amide bonds. The van der Waals surface area contributed by atoms with Crippen molar-refractivity contribution in [1.82, 2.24) is 9.13 Å². The molecule has 8 rings (SSSR count). The van der Waals surface area contributed by atoms with Crippen molar-refractivity contribution >= 4 is 43.6 Å². The van der Waals surface area contributed by atoms with Crippen molar-refractivity contribution in [1.29, 1.82) is 0 Å². The second kappa shape index (κ2) is 11.0. The summed E-state index contributed by atoms with van der Waals surface area (Å²) in [4.78, 5) is 0. The SMILES string of the molecule is Cc1cccc2c1c1c(C)cccc1n2-c1cc(C(F)(F)F)cc(-n2c3cccc(C)c3c3c(C)cccc32)c1-c1ccccc1C(F)(F)F. The van der Waals surface area contributed by atoms with Crippen LogP contribution >= 0.6 is 0 Å². The summed E-state index contributed by atoms with van der Waals surface area (Å²) in [6.45, 7) is 7.72. The van der Waals surface area contributed by atoms with Gasteiger partial charge in [-0.2, -0.15) is 26.3 Å². The molecule has 0 radical (unpaired) electrons. The number of halogens is 6. The molecule has 0 aliphatic carbocycles. The molecule has 0 atom stereocenters. The smallest absolute Gasteiger partial charge is 0.309 e. The molecule has 8 aromatic rings. The van der Waals surface area contributed by atoms with Gasteiger partial charge in [-0.1, -0.05) is 66.7 Å². The van der Waals surface area contributed by atoms with E-state index in [0.29, 0.717) is 22.1 Å². The first-order valence-electron chi connectivity index (χ1n) is 16.2. The van der Waals surface area contributed by atoms with Crippen LogP contribution in [0.2, 0.25) is 0 Å².